The lowest BCUT2D eigenvalue weighted by atomic mass is 10.0. The molecule has 0 fully saturated rings. The highest BCUT2D eigenvalue weighted by molar-refractivity contribution is 6.00. The van der Waals surface area contributed by atoms with Crippen LogP contribution >= 0.6 is 0 Å². The number of Topliss-reactive ketones (excluding diaryl/α,β-unsaturated/α-hetero) is 1. The number of ketones is 1. The largest absolute Gasteiger partial charge is 0.468 e. The van der Waals surface area contributed by atoms with Crippen molar-refractivity contribution in [3.63, 3.8) is 0 Å². The van der Waals surface area contributed by atoms with E-state index in [0.29, 0.717) is 17.8 Å². The summed E-state index contributed by atoms with van der Waals surface area (Å²) >= 11 is 0. The van der Waals surface area contributed by atoms with Gasteiger partial charge in [-0.15, -0.1) is 0 Å². The van der Waals surface area contributed by atoms with Gasteiger partial charge in [-0.3, -0.25) is 14.5 Å². The van der Waals surface area contributed by atoms with Crippen LogP contribution in [0.2, 0.25) is 0 Å². The second-order valence-electron chi connectivity index (χ2n) is 5.29. The molecule has 1 aromatic heterocycles. The average Bonchev–Trinajstić information content (AvgIpc) is 2.98. The predicted octanol–water partition coefficient (Wildman–Crippen LogP) is 2.94. The second-order valence-corrected chi connectivity index (χ2v) is 5.29. The quantitative estimate of drug-likeness (QED) is 0.833. The van der Waals surface area contributed by atoms with Crippen molar-refractivity contribution < 1.29 is 14.0 Å². The summed E-state index contributed by atoms with van der Waals surface area (Å²) in [5.41, 5.74) is 1.30. The number of carbonyl (C=O) groups excluding carboxylic acids is 2. The fourth-order valence-corrected chi connectivity index (χ4v) is 2.15. The van der Waals surface area contributed by atoms with Crippen LogP contribution in [0.4, 0.5) is 5.69 Å². The van der Waals surface area contributed by atoms with E-state index in [1.165, 1.54) is 6.92 Å². The van der Waals surface area contributed by atoms with E-state index in [9.17, 15) is 9.59 Å². The predicted molar refractivity (Wildman–Crippen MR) is 84.7 cm³/mol. The Hall–Kier alpha value is -2.40. The summed E-state index contributed by atoms with van der Waals surface area (Å²) in [7, 11) is 1.89. The van der Waals surface area contributed by atoms with Crippen molar-refractivity contribution in [2.45, 2.75) is 26.4 Å². The minimum absolute atomic E-state index is 0.0310. The van der Waals surface area contributed by atoms with Gasteiger partial charge in [0, 0.05) is 18.2 Å². The van der Waals surface area contributed by atoms with E-state index < -0.39 is 0 Å². The lowest BCUT2D eigenvalue weighted by Crippen LogP contribution is -2.35. The first-order valence-electron chi connectivity index (χ1n) is 7.12. The molecular weight excluding hydrogens is 280 g/mol. The van der Waals surface area contributed by atoms with E-state index in [0.717, 1.165) is 5.76 Å². The van der Waals surface area contributed by atoms with Gasteiger partial charge in [-0.05, 0) is 50.4 Å². The van der Waals surface area contributed by atoms with Crippen molar-refractivity contribution in [2.75, 3.05) is 12.4 Å². The maximum Gasteiger partial charge on any atom is 0.221 e. The molecule has 0 unspecified atom stereocenters. The van der Waals surface area contributed by atoms with E-state index in [4.69, 9.17) is 4.42 Å². The van der Waals surface area contributed by atoms with Gasteiger partial charge in [0.05, 0.1) is 18.8 Å². The maximum absolute atomic E-state index is 12.5. The summed E-state index contributed by atoms with van der Waals surface area (Å²) in [5, 5.41) is 2.68. The highest BCUT2D eigenvalue weighted by Gasteiger charge is 2.20. The Morgan fingerprint density at radius 2 is 1.91 bits per heavy atom. The topological polar surface area (TPSA) is 62.6 Å². The number of nitrogens with one attached hydrogen (secondary N) is 1. The Kier molecular flexibility index (Phi) is 5.12. The molecule has 1 heterocycles. The van der Waals surface area contributed by atoms with Gasteiger partial charge in [0.1, 0.15) is 5.76 Å². The second kappa shape index (κ2) is 7.04. The number of amides is 1. The highest BCUT2D eigenvalue weighted by Crippen LogP contribution is 2.14. The van der Waals surface area contributed by atoms with Crippen LogP contribution in [0, 0.1) is 0 Å². The fraction of sp³-hybridized carbons (Fsp3) is 0.294. The summed E-state index contributed by atoms with van der Waals surface area (Å²) in [4.78, 5) is 25.4. The minimum atomic E-state index is -0.267. The molecule has 0 aliphatic carbocycles. The third-order valence-electron chi connectivity index (χ3n) is 3.52. The third-order valence-corrected chi connectivity index (χ3v) is 3.52. The summed E-state index contributed by atoms with van der Waals surface area (Å²) in [6, 6.07) is 10.4. The summed E-state index contributed by atoms with van der Waals surface area (Å²) in [6.07, 6.45) is 1.62. The van der Waals surface area contributed by atoms with Crippen LogP contribution in [0.15, 0.2) is 47.1 Å². The van der Waals surface area contributed by atoms with Crippen molar-refractivity contribution >= 4 is 17.4 Å². The maximum atomic E-state index is 12.5. The van der Waals surface area contributed by atoms with Crippen molar-refractivity contribution in [1.82, 2.24) is 4.90 Å². The van der Waals surface area contributed by atoms with Gasteiger partial charge in [0.25, 0.3) is 0 Å². The number of furan rings is 1. The Morgan fingerprint density at radius 1 is 1.23 bits per heavy atom. The average molecular weight is 300 g/mol. The molecule has 0 bridgehead atoms. The van der Waals surface area contributed by atoms with Crippen LogP contribution in [0.25, 0.3) is 0 Å². The summed E-state index contributed by atoms with van der Waals surface area (Å²) in [6.45, 7) is 3.89. The summed E-state index contributed by atoms with van der Waals surface area (Å²) < 4.78 is 5.30. The van der Waals surface area contributed by atoms with Crippen molar-refractivity contribution in [1.29, 1.82) is 0 Å². The minimum Gasteiger partial charge on any atom is -0.468 e. The van der Waals surface area contributed by atoms with Gasteiger partial charge in [0.15, 0.2) is 5.78 Å². The Labute approximate surface area is 129 Å². The molecule has 2 aromatic rings. The SMILES string of the molecule is CC(=O)Nc1ccc(C(=O)[C@H](C)N(C)Cc2ccco2)cc1. The van der Waals surface area contributed by atoms with Crippen molar-refractivity contribution in [3.05, 3.63) is 54.0 Å². The number of benzene rings is 1. The Bertz CT molecular complexity index is 632. The van der Waals surface area contributed by atoms with Crippen LogP contribution in [0.1, 0.15) is 30.0 Å². The number of nitrogens with zero attached hydrogens (tertiary/aromatic N) is 1. The Balaban J connectivity index is 2.01. The molecule has 0 saturated heterocycles. The van der Waals surface area contributed by atoms with Gasteiger partial charge in [-0.2, -0.15) is 0 Å². The molecule has 1 aromatic carbocycles. The first-order valence-corrected chi connectivity index (χ1v) is 7.12. The van der Waals surface area contributed by atoms with Gasteiger partial charge in [-0.1, -0.05) is 0 Å². The van der Waals surface area contributed by atoms with Crippen LogP contribution in [-0.2, 0) is 11.3 Å². The number of likely N-dealkylation sites (N-methyl/N-ethyl adjacent to an activating group) is 1. The molecule has 0 aliphatic rings. The zero-order valence-corrected chi connectivity index (χ0v) is 13.0. The van der Waals surface area contributed by atoms with Crippen LogP contribution in [0.5, 0.6) is 0 Å². The number of hydrogen-bond donors (Lipinski definition) is 1. The van der Waals surface area contributed by atoms with Gasteiger partial charge in [0.2, 0.25) is 5.91 Å². The van der Waals surface area contributed by atoms with E-state index in [1.807, 2.05) is 31.0 Å². The molecule has 116 valence electrons. The van der Waals surface area contributed by atoms with Crippen molar-refractivity contribution in [2.24, 2.45) is 0 Å². The Morgan fingerprint density at radius 3 is 2.45 bits per heavy atom. The number of rotatable bonds is 6. The lowest BCUT2D eigenvalue weighted by molar-refractivity contribution is -0.114. The molecule has 22 heavy (non-hydrogen) atoms. The smallest absolute Gasteiger partial charge is 0.221 e. The molecule has 5 nitrogen and oxygen atoms in total. The van der Waals surface area contributed by atoms with Gasteiger partial charge in [-0.25, -0.2) is 0 Å². The lowest BCUT2D eigenvalue weighted by Gasteiger charge is -2.22. The molecule has 5 heteroatoms. The molecule has 0 saturated carbocycles. The van der Waals surface area contributed by atoms with E-state index in [-0.39, 0.29) is 17.7 Å². The number of carbonyl (C=O) groups is 2. The summed E-state index contributed by atoms with van der Waals surface area (Å²) in [5.74, 6) is 0.720. The molecule has 0 radical (unpaired) electrons. The fourth-order valence-electron chi connectivity index (χ4n) is 2.15. The molecule has 2 rings (SSSR count). The van der Waals surface area contributed by atoms with Gasteiger partial charge >= 0.3 is 0 Å². The third kappa shape index (κ3) is 4.05. The molecule has 0 aliphatic heterocycles. The van der Waals surface area contributed by atoms with Crippen molar-refractivity contribution in [3.8, 4) is 0 Å². The van der Waals surface area contributed by atoms with Crippen LogP contribution in [0.3, 0.4) is 0 Å². The molecule has 1 atom stereocenters. The van der Waals surface area contributed by atoms with Crippen LogP contribution < -0.4 is 5.32 Å². The normalized spacial score (nSPS) is 12.2. The van der Waals surface area contributed by atoms with E-state index >= 15 is 0 Å². The van der Waals surface area contributed by atoms with E-state index in [1.54, 1.807) is 30.5 Å². The van der Waals surface area contributed by atoms with Crippen LogP contribution in [-0.4, -0.2) is 29.7 Å². The van der Waals surface area contributed by atoms with Gasteiger partial charge < -0.3 is 9.73 Å². The zero-order chi connectivity index (χ0) is 16.1. The molecular formula is C17H20N2O3. The number of anilines is 1. The first-order chi connectivity index (χ1) is 10.5. The first kappa shape index (κ1) is 16.0. The van der Waals surface area contributed by atoms with E-state index in [2.05, 4.69) is 5.32 Å². The molecule has 1 amide bonds. The number of hydrogen-bond acceptors (Lipinski definition) is 4. The standard InChI is InChI=1S/C17H20N2O3/c1-12(19(3)11-16-5-4-10-22-16)17(21)14-6-8-15(9-7-14)18-13(2)20/h4-10,12H,11H2,1-3H3,(H,18,20)/t12-/m0/s1. The molecule has 1 N–H and O–H groups in total. The zero-order valence-electron chi connectivity index (χ0n) is 13.0. The monoisotopic (exact) mass is 300 g/mol. The highest BCUT2D eigenvalue weighted by atomic mass is 16.3. The molecule has 0 spiro atoms.